The quantitative estimate of drug-likeness (QED) is 0.332. The van der Waals surface area contributed by atoms with Gasteiger partial charge in [-0.05, 0) is 19.1 Å². The van der Waals surface area contributed by atoms with E-state index in [2.05, 4.69) is 17.6 Å². The van der Waals surface area contributed by atoms with Crippen LogP contribution in [0.1, 0.15) is 23.7 Å². The molecule has 2 unspecified atom stereocenters. The molecule has 100 valence electrons. The van der Waals surface area contributed by atoms with Gasteiger partial charge in [0.05, 0.1) is 11.0 Å². The van der Waals surface area contributed by atoms with Gasteiger partial charge in [0.25, 0.3) is 0 Å². The number of nitrogens with zero attached hydrogens (tertiary/aromatic N) is 2. The summed E-state index contributed by atoms with van der Waals surface area (Å²) >= 11 is 9.58. The van der Waals surface area contributed by atoms with Crippen LogP contribution in [0.15, 0.2) is 6.20 Å². The van der Waals surface area contributed by atoms with Crippen molar-refractivity contribution in [2.75, 3.05) is 5.75 Å². The van der Waals surface area contributed by atoms with Crippen molar-refractivity contribution < 1.29 is 15.1 Å². The third-order valence-electron chi connectivity index (χ3n) is 2.59. The largest absolute Gasteiger partial charge is 0.390 e. The Morgan fingerprint density at radius 3 is 2.72 bits per heavy atom. The van der Waals surface area contributed by atoms with Gasteiger partial charge < -0.3 is 10.2 Å². The molecule has 0 fully saturated rings. The summed E-state index contributed by atoms with van der Waals surface area (Å²) in [6.07, 6.45) is -0.804. The molecule has 0 radical (unpaired) electrons. The van der Waals surface area contributed by atoms with E-state index in [9.17, 15) is 20.3 Å². The smallest absolute Gasteiger partial charge is 0.309 e. The molecule has 2 N–H and O–H groups in total. The lowest BCUT2D eigenvalue weighted by Gasteiger charge is -2.18. The highest BCUT2D eigenvalue weighted by Gasteiger charge is 2.26. The molecule has 0 aliphatic rings. The highest BCUT2D eigenvalue weighted by Crippen LogP contribution is 2.32. The third kappa shape index (κ3) is 3.11. The van der Waals surface area contributed by atoms with E-state index >= 15 is 0 Å². The maximum Gasteiger partial charge on any atom is 0.309 e. The van der Waals surface area contributed by atoms with Crippen molar-refractivity contribution in [1.82, 2.24) is 4.98 Å². The Balaban J connectivity index is 3.18. The lowest BCUT2D eigenvalue weighted by Crippen LogP contribution is -2.20. The lowest BCUT2D eigenvalue weighted by molar-refractivity contribution is -0.385. The molecule has 0 spiro atoms. The first-order valence-electron chi connectivity index (χ1n) is 5.16. The molecule has 1 heterocycles. The van der Waals surface area contributed by atoms with Gasteiger partial charge in [0.2, 0.25) is 5.15 Å². The van der Waals surface area contributed by atoms with Gasteiger partial charge in [0.15, 0.2) is 0 Å². The van der Waals surface area contributed by atoms with Crippen molar-refractivity contribution in [3.63, 3.8) is 0 Å². The molecule has 8 heteroatoms. The first kappa shape index (κ1) is 15.2. The Labute approximate surface area is 114 Å². The Morgan fingerprint density at radius 1 is 1.61 bits per heavy atom. The van der Waals surface area contributed by atoms with Crippen LogP contribution in [0.25, 0.3) is 0 Å². The van der Waals surface area contributed by atoms with E-state index in [0.717, 1.165) is 0 Å². The first-order valence-corrected chi connectivity index (χ1v) is 6.17. The van der Waals surface area contributed by atoms with Crippen LogP contribution in [0.5, 0.6) is 0 Å². The van der Waals surface area contributed by atoms with Crippen LogP contribution < -0.4 is 0 Å². The van der Waals surface area contributed by atoms with Gasteiger partial charge in [-0.25, -0.2) is 4.98 Å². The van der Waals surface area contributed by atoms with E-state index in [0.29, 0.717) is 5.75 Å². The maximum absolute atomic E-state index is 10.8. The SMILES string of the molecule is Cc1c(C(O)C(O)CCS)cnc(Cl)c1[N+](=O)[O-]. The van der Waals surface area contributed by atoms with Crippen LogP contribution in [-0.2, 0) is 0 Å². The number of halogens is 1. The Bertz CT molecular complexity index is 458. The van der Waals surface area contributed by atoms with E-state index in [1.54, 1.807) is 0 Å². The fourth-order valence-corrected chi connectivity index (χ4v) is 2.11. The summed E-state index contributed by atoms with van der Waals surface area (Å²) in [4.78, 5) is 13.8. The summed E-state index contributed by atoms with van der Waals surface area (Å²) in [5.41, 5.74) is 0.0392. The molecule has 0 aliphatic heterocycles. The topological polar surface area (TPSA) is 96.5 Å². The van der Waals surface area contributed by atoms with Gasteiger partial charge >= 0.3 is 5.69 Å². The predicted molar refractivity (Wildman–Crippen MR) is 70.1 cm³/mol. The molecule has 0 aliphatic carbocycles. The second kappa shape index (κ2) is 6.33. The fraction of sp³-hybridized carbons (Fsp3) is 0.500. The van der Waals surface area contributed by atoms with Crippen molar-refractivity contribution in [3.8, 4) is 0 Å². The van der Waals surface area contributed by atoms with Crippen molar-refractivity contribution >= 4 is 29.9 Å². The van der Waals surface area contributed by atoms with Crippen molar-refractivity contribution in [2.45, 2.75) is 25.6 Å². The third-order valence-corrected chi connectivity index (χ3v) is 3.13. The predicted octanol–water partition coefficient (Wildman–Crippen LogP) is 1.67. The summed E-state index contributed by atoms with van der Waals surface area (Å²) in [5, 5.41) is 30.2. The molecule has 6 nitrogen and oxygen atoms in total. The van der Waals surface area contributed by atoms with Gasteiger partial charge in [-0.1, -0.05) is 11.6 Å². The summed E-state index contributed by atoms with van der Waals surface area (Å²) in [6.45, 7) is 1.46. The van der Waals surface area contributed by atoms with E-state index < -0.39 is 17.1 Å². The molecule has 0 saturated heterocycles. The molecule has 2 atom stereocenters. The zero-order chi connectivity index (χ0) is 13.9. The van der Waals surface area contributed by atoms with Crippen LogP contribution in [0.4, 0.5) is 5.69 Å². The molecule has 0 aromatic carbocycles. The maximum atomic E-state index is 10.8. The van der Waals surface area contributed by atoms with Crippen LogP contribution in [0, 0.1) is 17.0 Å². The van der Waals surface area contributed by atoms with Crippen molar-refractivity contribution in [1.29, 1.82) is 0 Å². The molecule has 0 bridgehead atoms. The molecule has 1 rings (SSSR count). The zero-order valence-corrected chi connectivity index (χ0v) is 11.2. The van der Waals surface area contributed by atoms with E-state index in [4.69, 9.17) is 11.6 Å². The highest BCUT2D eigenvalue weighted by molar-refractivity contribution is 7.80. The number of nitro groups is 1. The number of rotatable bonds is 5. The minimum absolute atomic E-state index is 0.195. The van der Waals surface area contributed by atoms with Gasteiger partial charge in [-0.2, -0.15) is 12.6 Å². The van der Waals surface area contributed by atoms with Gasteiger partial charge in [0, 0.05) is 17.3 Å². The number of aromatic nitrogens is 1. The molecular formula is C10H13ClN2O4S. The Hall–Kier alpha value is -0.890. The Morgan fingerprint density at radius 2 is 2.22 bits per heavy atom. The summed E-state index contributed by atoms with van der Waals surface area (Å²) < 4.78 is 0. The van der Waals surface area contributed by atoms with Gasteiger partial charge in [0.1, 0.15) is 6.10 Å². The van der Waals surface area contributed by atoms with Gasteiger partial charge in [-0.3, -0.25) is 10.1 Å². The van der Waals surface area contributed by atoms with E-state index in [1.165, 1.54) is 13.1 Å². The number of hydrogen-bond acceptors (Lipinski definition) is 6. The number of aliphatic hydroxyl groups is 2. The van der Waals surface area contributed by atoms with Crippen LogP contribution in [0.2, 0.25) is 5.15 Å². The summed E-state index contributed by atoms with van der Waals surface area (Å²) in [7, 11) is 0. The molecule has 18 heavy (non-hydrogen) atoms. The minimum atomic E-state index is -1.25. The number of thiol groups is 1. The second-order valence-electron chi connectivity index (χ2n) is 3.76. The highest BCUT2D eigenvalue weighted by atomic mass is 35.5. The van der Waals surface area contributed by atoms with Crippen LogP contribution in [0.3, 0.4) is 0 Å². The number of aliphatic hydroxyl groups excluding tert-OH is 2. The average Bonchev–Trinajstić information content (AvgIpc) is 2.28. The van der Waals surface area contributed by atoms with Crippen LogP contribution in [-0.4, -0.2) is 32.0 Å². The molecular weight excluding hydrogens is 280 g/mol. The summed E-state index contributed by atoms with van der Waals surface area (Å²) in [6, 6.07) is 0. The fourth-order valence-electron chi connectivity index (χ4n) is 1.58. The standard InChI is InChI=1S/C10H13ClN2O4S/c1-5-6(9(15)7(14)2-3-18)4-12-10(11)8(5)13(16)17/h4,7,9,14-15,18H,2-3H2,1H3. The second-order valence-corrected chi connectivity index (χ2v) is 4.56. The van der Waals surface area contributed by atoms with Gasteiger partial charge in [-0.15, -0.1) is 0 Å². The zero-order valence-electron chi connectivity index (χ0n) is 9.58. The van der Waals surface area contributed by atoms with E-state index in [-0.39, 0.29) is 28.4 Å². The van der Waals surface area contributed by atoms with E-state index in [1.807, 2.05) is 0 Å². The van der Waals surface area contributed by atoms with Crippen molar-refractivity contribution in [2.24, 2.45) is 0 Å². The minimum Gasteiger partial charge on any atom is -0.390 e. The molecule has 0 saturated carbocycles. The first-order chi connectivity index (χ1) is 8.40. The molecule has 1 aromatic rings. The number of hydrogen-bond donors (Lipinski definition) is 3. The van der Waals surface area contributed by atoms with Crippen LogP contribution >= 0.6 is 24.2 Å². The summed E-state index contributed by atoms with van der Waals surface area (Å²) in [5.74, 6) is 0.389. The monoisotopic (exact) mass is 292 g/mol. The number of pyridine rings is 1. The van der Waals surface area contributed by atoms with Crippen molar-refractivity contribution in [3.05, 3.63) is 32.6 Å². The average molecular weight is 293 g/mol. The normalized spacial score (nSPS) is 14.3. The molecule has 0 amide bonds. The molecule has 1 aromatic heterocycles. The lowest BCUT2D eigenvalue weighted by atomic mass is 9.99. The Kier molecular flexibility index (Phi) is 5.33.